The molecular weight excluding hydrogens is 390 g/mol. The molecule has 1 N–H and O–H groups in total. The van der Waals surface area contributed by atoms with Crippen molar-refractivity contribution in [2.75, 3.05) is 13.1 Å². The van der Waals surface area contributed by atoms with Crippen LogP contribution in [0.15, 0.2) is 53.1 Å². The van der Waals surface area contributed by atoms with Crippen molar-refractivity contribution in [1.82, 2.24) is 14.8 Å². The first-order chi connectivity index (χ1) is 14.9. The van der Waals surface area contributed by atoms with Gasteiger partial charge in [0.15, 0.2) is 0 Å². The van der Waals surface area contributed by atoms with E-state index in [0.717, 1.165) is 41.1 Å². The maximum absolute atomic E-state index is 13.2. The van der Waals surface area contributed by atoms with Crippen LogP contribution in [0.1, 0.15) is 56.3 Å². The summed E-state index contributed by atoms with van der Waals surface area (Å²) in [7, 11) is 0. The Balaban J connectivity index is 1.37. The van der Waals surface area contributed by atoms with Crippen LogP contribution in [0.3, 0.4) is 0 Å². The van der Waals surface area contributed by atoms with Gasteiger partial charge >= 0.3 is 0 Å². The number of aromatic nitrogens is 1. The monoisotopic (exact) mass is 419 g/mol. The van der Waals surface area contributed by atoms with Crippen molar-refractivity contribution in [2.24, 2.45) is 0 Å². The van der Waals surface area contributed by atoms with Gasteiger partial charge in [-0.2, -0.15) is 0 Å². The van der Waals surface area contributed by atoms with Crippen molar-refractivity contribution >= 4 is 11.8 Å². The number of benzene rings is 1. The fourth-order valence-electron chi connectivity index (χ4n) is 4.31. The average Bonchev–Trinajstić information content (AvgIpc) is 3.38. The molecule has 4 rings (SSSR count). The Kier molecular flexibility index (Phi) is 5.98. The van der Waals surface area contributed by atoms with Crippen molar-refractivity contribution in [3.8, 4) is 0 Å². The smallest absolute Gasteiger partial charge is 0.255 e. The maximum Gasteiger partial charge on any atom is 0.255 e. The lowest BCUT2D eigenvalue weighted by molar-refractivity contribution is 0.0697. The second kappa shape index (κ2) is 8.84. The highest BCUT2D eigenvalue weighted by atomic mass is 16.3. The molecule has 0 aliphatic carbocycles. The molecule has 3 heterocycles. The number of likely N-dealkylation sites (tertiary alicyclic amines) is 1. The summed E-state index contributed by atoms with van der Waals surface area (Å²) in [6.07, 6.45) is 3.18. The predicted octanol–water partition coefficient (Wildman–Crippen LogP) is 4.09. The van der Waals surface area contributed by atoms with E-state index < -0.39 is 0 Å². The molecule has 2 amide bonds. The molecule has 3 aromatic rings. The van der Waals surface area contributed by atoms with E-state index in [9.17, 15) is 9.59 Å². The van der Waals surface area contributed by atoms with E-state index in [0.29, 0.717) is 25.2 Å². The van der Waals surface area contributed by atoms with Crippen LogP contribution in [0.5, 0.6) is 0 Å². The van der Waals surface area contributed by atoms with Gasteiger partial charge in [0.1, 0.15) is 5.76 Å². The molecule has 1 aliphatic rings. The lowest BCUT2D eigenvalue weighted by atomic mass is 10.0. The first-order valence-corrected chi connectivity index (χ1v) is 10.8. The van der Waals surface area contributed by atoms with Gasteiger partial charge in [-0.1, -0.05) is 18.2 Å². The van der Waals surface area contributed by atoms with Crippen LogP contribution in [-0.4, -0.2) is 40.4 Å². The lowest BCUT2D eigenvalue weighted by Gasteiger charge is -2.32. The van der Waals surface area contributed by atoms with Crippen LogP contribution >= 0.6 is 0 Å². The molecule has 6 heteroatoms. The number of nitrogens with zero attached hydrogens (tertiary/aromatic N) is 2. The summed E-state index contributed by atoms with van der Waals surface area (Å²) in [6.45, 7) is 7.83. The molecule has 0 spiro atoms. The molecule has 0 unspecified atom stereocenters. The number of carbonyl (C=O) groups excluding carboxylic acids is 2. The first kappa shape index (κ1) is 21.0. The molecule has 2 aromatic heterocycles. The number of hydrogen-bond acceptors (Lipinski definition) is 3. The molecule has 162 valence electrons. The van der Waals surface area contributed by atoms with Crippen LogP contribution in [0, 0.1) is 20.8 Å². The number of furan rings is 1. The summed E-state index contributed by atoms with van der Waals surface area (Å²) >= 11 is 0. The third-order valence-corrected chi connectivity index (χ3v) is 6.21. The number of piperidine rings is 1. The van der Waals surface area contributed by atoms with E-state index in [1.807, 2.05) is 68.1 Å². The van der Waals surface area contributed by atoms with Gasteiger partial charge in [-0.3, -0.25) is 9.59 Å². The Morgan fingerprint density at radius 3 is 2.45 bits per heavy atom. The zero-order valence-electron chi connectivity index (χ0n) is 18.4. The zero-order valence-corrected chi connectivity index (χ0v) is 18.4. The number of carbonyl (C=O) groups is 2. The second-order valence-corrected chi connectivity index (χ2v) is 8.31. The van der Waals surface area contributed by atoms with Gasteiger partial charge in [0.2, 0.25) is 0 Å². The van der Waals surface area contributed by atoms with Crippen LogP contribution in [-0.2, 0) is 6.54 Å². The van der Waals surface area contributed by atoms with Crippen LogP contribution in [0.2, 0.25) is 0 Å². The third-order valence-electron chi connectivity index (χ3n) is 6.21. The Labute approximate surface area is 182 Å². The molecule has 0 saturated carbocycles. The Bertz CT molecular complexity index is 1070. The summed E-state index contributed by atoms with van der Waals surface area (Å²) in [6, 6.07) is 13.5. The van der Waals surface area contributed by atoms with Gasteiger partial charge in [-0.05, 0) is 63.4 Å². The van der Waals surface area contributed by atoms with Crippen LogP contribution in [0.4, 0.5) is 0 Å². The predicted molar refractivity (Wildman–Crippen MR) is 119 cm³/mol. The number of amides is 2. The Morgan fingerprint density at radius 1 is 1.03 bits per heavy atom. The highest BCUT2D eigenvalue weighted by Crippen LogP contribution is 2.21. The summed E-state index contributed by atoms with van der Waals surface area (Å²) in [5.41, 5.74) is 4.42. The van der Waals surface area contributed by atoms with Crippen molar-refractivity contribution in [2.45, 2.75) is 46.2 Å². The minimum absolute atomic E-state index is 0.0376. The van der Waals surface area contributed by atoms with Crippen molar-refractivity contribution in [3.05, 3.63) is 82.6 Å². The molecule has 31 heavy (non-hydrogen) atoms. The van der Waals surface area contributed by atoms with Gasteiger partial charge in [-0.15, -0.1) is 0 Å². The average molecular weight is 420 g/mol. The van der Waals surface area contributed by atoms with Crippen molar-refractivity contribution in [1.29, 1.82) is 0 Å². The lowest BCUT2D eigenvalue weighted by Crippen LogP contribution is -2.46. The summed E-state index contributed by atoms with van der Waals surface area (Å²) in [5.74, 6) is 0.887. The molecule has 0 radical (unpaired) electrons. The van der Waals surface area contributed by atoms with E-state index >= 15 is 0 Å². The van der Waals surface area contributed by atoms with E-state index in [1.54, 1.807) is 6.26 Å². The Hall–Kier alpha value is -3.28. The minimum Gasteiger partial charge on any atom is -0.467 e. The van der Waals surface area contributed by atoms with Gasteiger partial charge in [0, 0.05) is 36.1 Å². The largest absolute Gasteiger partial charge is 0.467 e. The van der Waals surface area contributed by atoms with E-state index in [-0.39, 0.29) is 17.9 Å². The van der Waals surface area contributed by atoms with Crippen molar-refractivity contribution < 1.29 is 14.0 Å². The van der Waals surface area contributed by atoms with E-state index in [4.69, 9.17) is 4.42 Å². The standard InChI is InChI=1S/C25H29N3O3/c1-17-7-4-5-9-22(17)24(29)26-20-10-12-27(13-11-20)25(30)23-15-18(2)28(19(23)3)16-21-8-6-14-31-21/h4-9,14-15,20H,10-13,16H2,1-3H3,(H,26,29). The zero-order chi connectivity index (χ0) is 22.0. The molecule has 1 aliphatic heterocycles. The molecule has 1 aromatic carbocycles. The number of hydrogen-bond donors (Lipinski definition) is 1. The van der Waals surface area contributed by atoms with Gasteiger partial charge in [-0.25, -0.2) is 0 Å². The van der Waals surface area contributed by atoms with Gasteiger partial charge in [0.05, 0.1) is 18.4 Å². The molecule has 1 fully saturated rings. The van der Waals surface area contributed by atoms with Crippen molar-refractivity contribution in [3.63, 3.8) is 0 Å². The topological polar surface area (TPSA) is 67.5 Å². The normalized spacial score (nSPS) is 14.6. The summed E-state index contributed by atoms with van der Waals surface area (Å²) < 4.78 is 7.58. The van der Waals surface area contributed by atoms with Crippen LogP contribution in [0.25, 0.3) is 0 Å². The molecular formula is C25H29N3O3. The van der Waals surface area contributed by atoms with Gasteiger partial charge < -0.3 is 19.2 Å². The number of rotatable bonds is 5. The fourth-order valence-corrected chi connectivity index (χ4v) is 4.31. The molecule has 1 saturated heterocycles. The van der Waals surface area contributed by atoms with E-state index in [2.05, 4.69) is 9.88 Å². The highest BCUT2D eigenvalue weighted by molar-refractivity contribution is 5.96. The molecule has 0 atom stereocenters. The Morgan fingerprint density at radius 2 is 1.77 bits per heavy atom. The third kappa shape index (κ3) is 4.43. The second-order valence-electron chi connectivity index (χ2n) is 8.31. The highest BCUT2D eigenvalue weighted by Gasteiger charge is 2.27. The molecule has 0 bridgehead atoms. The molecule has 6 nitrogen and oxygen atoms in total. The van der Waals surface area contributed by atoms with Gasteiger partial charge in [0.25, 0.3) is 11.8 Å². The summed E-state index contributed by atoms with van der Waals surface area (Å²) in [5, 5.41) is 3.13. The maximum atomic E-state index is 13.2. The SMILES string of the molecule is Cc1ccccc1C(=O)NC1CCN(C(=O)c2cc(C)n(Cc3ccco3)c2C)CC1. The number of aryl methyl sites for hydroxylation is 2. The quantitative estimate of drug-likeness (QED) is 0.677. The van der Waals surface area contributed by atoms with E-state index in [1.165, 1.54) is 0 Å². The first-order valence-electron chi connectivity index (χ1n) is 10.8. The fraction of sp³-hybridized carbons (Fsp3) is 0.360. The number of nitrogens with one attached hydrogen (secondary N) is 1. The van der Waals surface area contributed by atoms with Crippen LogP contribution < -0.4 is 5.32 Å². The minimum atomic E-state index is -0.0376. The summed E-state index contributed by atoms with van der Waals surface area (Å²) in [4.78, 5) is 27.7.